The highest BCUT2D eigenvalue weighted by Gasteiger charge is 2.08. The van der Waals surface area contributed by atoms with Gasteiger partial charge in [0.1, 0.15) is 10.9 Å². The summed E-state index contributed by atoms with van der Waals surface area (Å²) in [6, 6.07) is 8.02. The maximum atomic E-state index is 11.8. The molecule has 2 rings (SSSR count). The first-order chi connectivity index (χ1) is 11.0. The van der Waals surface area contributed by atoms with Crippen molar-refractivity contribution in [2.75, 3.05) is 6.61 Å². The zero-order valence-corrected chi connectivity index (χ0v) is 13.6. The molecular formula is C15H13Cl2N3O3. The molecule has 2 aromatic rings. The van der Waals surface area contributed by atoms with E-state index >= 15 is 0 Å². The minimum absolute atomic E-state index is 0.250. The van der Waals surface area contributed by atoms with Gasteiger partial charge in [0.15, 0.2) is 6.61 Å². The molecule has 0 bridgehead atoms. The number of rotatable bonds is 4. The Morgan fingerprint density at radius 1 is 1.17 bits per heavy atom. The third-order valence-corrected chi connectivity index (χ3v) is 3.45. The third kappa shape index (κ3) is 5.12. The quantitative estimate of drug-likeness (QED) is 0.653. The van der Waals surface area contributed by atoms with Crippen LogP contribution in [0.5, 0.6) is 5.75 Å². The Morgan fingerprint density at radius 3 is 2.61 bits per heavy atom. The fourth-order valence-electron chi connectivity index (χ4n) is 1.60. The van der Waals surface area contributed by atoms with Crippen LogP contribution >= 0.6 is 23.2 Å². The number of hydrogen-bond donors (Lipinski definition) is 2. The lowest BCUT2D eigenvalue weighted by Gasteiger charge is -2.09. The van der Waals surface area contributed by atoms with Crippen LogP contribution in [0, 0.1) is 6.92 Å². The number of hydrogen-bond acceptors (Lipinski definition) is 4. The minimum atomic E-state index is -0.509. The molecule has 8 heteroatoms. The molecular weight excluding hydrogens is 341 g/mol. The van der Waals surface area contributed by atoms with Crippen molar-refractivity contribution >= 4 is 35.0 Å². The first-order valence-corrected chi connectivity index (χ1v) is 7.31. The molecule has 0 aliphatic carbocycles. The van der Waals surface area contributed by atoms with Crippen LogP contribution in [0.4, 0.5) is 0 Å². The molecule has 0 saturated heterocycles. The second-order valence-electron chi connectivity index (χ2n) is 4.57. The first-order valence-electron chi connectivity index (χ1n) is 6.55. The summed E-state index contributed by atoms with van der Waals surface area (Å²) in [5, 5.41) is 0.892. The van der Waals surface area contributed by atoms with E-state index in [0.29, 0.717) is 10.8 Å². The average Bonchev–Trinajstić information content (AvgIpc) is 2.54. The van der Waals surface area contributed by atoms with E-state index in [0.717, 1.165) is 5.56 Å². The molecule has 1 aromatic heterocycles. The summed E-state index contributed by atoms with van der Waals surface area (Å²) in [6.45, 7) is 1.58. The summed E-state index contributed by atoms with van der Waals surface area (Å²) in [4.78, 5) is 27.2. The Bertz CT molecular complexity index is 720. The van der Waals surface area contributed by atoms with Crippen molar-refractivity contribution in [2.45, 2.75) is 6.92 Å². The van der Waals surface area contributed by atoms with Crippen LogP contribution in [-0.4, -0.2) is 23.4 Å². The normalized spacial score (nSPS) is 10.0. The summed E-state index contributed by atoms with van der Waals surface area (Å²) in [6.07, 6.45) is 1.30. The monoisotopic (exact) mass is 353 g/mol. The number of carbonyl (C=O) groups excluding carboxylic acids is 2. The van der Waals surface area contributed by atoms with Gasteiger partial charge in [-0.1, -0.05) is 23.2 Å². The Hall–Kier alpha value is -2.31. The number of aryl methyl sites for hydroxylation is 1. The van der Waals surface area contributed by atoms with Crippen molar-refractivity contribution < 1.29 is 14.3 Å². The maximum absolute atomic E-state index is 11.8. The lowest BCUT2D eigenvalue weighted by Crippen LogP contribution is -2.43. The van der Waals surface area contributed by atoms with E-state index in [2.05, 4.69) is 15.8 Å². The number of aromatic nitrogens is 1. The molecule has 0 spiro atoms. The Balaban J connectivity index is 1.79. The number of carbonyl (C=O) groups is 2. The van der Waals surface area contributed by atoms with Crippen LogP contribution in [0.25, 0.3) is 0 Å². The minimum Gasteiger partial charge on any atom is -0.484 e. The van der Waals surface area contributed by atoms with Gasteiger partial charge in [-0.2, -0.15) is 0 Å². The Labute approximate surface area is 142 Å². The molecule has 2 N–H and O–H groups in total. The molecule has 2 amide bonds. The van der Waals surface area contributed by atoms with Crippen LogP contribution in [0.1, 0.15) is 15.9 Å². The number of halogens is 2. The summed E-state index contributed by atoms with van der Waals surface area (Å²) < 4.78 is 5.31. The standard InChI is InChI=1S/C15H13Cl2N3O3/c1-9-6-11(3-4-12(9)16)23-8-14(21)19-20-15(22)10-2-5-13(17)18-7-10/h2-7H,8H2,1H3,(H,19,21)(H,20,22). The van der Waals surface area contributed by atoms with Crippen molar-refractivity contribution in [2.24, 2.45) is 0 Å². The maximum Gasteiger partial charge on any atom is 0.276 e. The number of nitrogens with one attached hydrogen (secondary N) is 2. The molecule has 1 aromatic carbocycles. The second-order valence-corrected chi connectivity index (χ2v) is 5.37. The highest BCUT2D eigenvalue weighted by Crippen LogP contribution is 2.20. The summed E-state index contributed by atoms with van der Waals surface area (Å²) >= 11 is 11.5. The predicted octanol–water partition coefficient (Wildman–Crippen LogP) is 2.54. The molecule has 0 radical (unpaired) electrons. The van der Waals surface area contributed by atoms with Crippen molar-refractivity contribution in [3.63, 3.8) is 0 Å². The number of ether oxygens (including phenoxy) is 1. The highest BCUT2D eigenvalue weighted by atomic mass is 35.5. The van der Waals surface area contributed by atoms with Crippen LogP contribution in [0.3, 0.4) is 0 Å². The largest absolute Gasteiger partial charge is 0.484 e. The number of hydrazine groups is 1. The van der Waals surface area contributed by atoms with Gasteiger partial charge in [0.25, 0.3) is 11.8 Å². The first kappa shape index (κ1) is 17.1. The number of pyridine rings is 1. The van der Waals surface area contributed by atoms with E-state index in [4.69, 9.17) is 27.9 Å². The fourth-order valence-corrected chi connectivity index (χ4v) is 1.83. The van der Waals surface area contributed by atoms with Gasteiger partial charge in [-0.05, 0) is 42.8 Å². The molecule has 0 aliphatic rings. The number of nitrogens with zero attached hydrogens (tertiary/aromatic N) is 1. The molecule has 6 nitrogen and oxygen atoms in total. The van der Waals surface area contributed by atoms with Crippen molar-refractivity contribution in [1.29, 1.82) is 0 Å². The zero-order chi connectivity index (χ0) is 16.8. The van der Waals surface area contributed by atoms with Gasteiger partial charge in [-0.15, -0.1) is 0 Å². The van der Waals surface area contributed by atoms with Gasteiger partial charge < -0.3 is 4.74 Å². The van der Waals surface area contributed by atoms with E-state index in [1.807, 2.05) is 6.92 Å². The summed E-state index contributed by atoms with van der Waals surface area (Å²) in [5.74, 6) is -0.506. The molecule has 120 valence electrons. The predicted molar refractivity (Wildman–Crippen MR) is 86.5 cm³/mol. The van der Waals surface area contributed by atoms with Gasteiger partial charge in [0, 0.05) is 11.2 Å². The van der Waals surface area contributed by atoms with Gasteiger partial charge >= 0.3 is 0 Å². The van der Waals surface area contributed by atoms with E-state index in [1.54, 1.807) is 18.2 Å². The molecule has 0 aliphatic heterocycles. The Morgan fingerprint density at radius 2 is 1.96 bits per heavy atom. The van der Waals surface area contributed by atoms with E-state index in [-0.39, 0.29) is 17.3 Å². The summed E-state index contributed by atoms with van der Waals surface area (Å²) in [5.41, 5.74) is 5.60. The van der Waals surface area contributed by atoms with E-state index in [9.17, 15) is 9.59 Å². The van der Waals surface area contributed by atoms with Crippen molar-refractivity contribution in [1.82, 2.24) is 15.8 Å². The van der Waals surface area contributed by atoms with Gasteiger partial charge in [-0.25, -0.2) is 4.98 Å². The van der Waals surface area contributed by atoms with Gasteiger partial charge in [0.05, 0.1) is 5.56 Å². The molecule has 0 unspecified atom stereocenters. The lowest BCUT2D eigenvalue weighted by atomic mass is 10.2. The van der Waals surface area contributed by atoms with Crippen LogP contribution in [0.2, 0.25) is 10.2 Å². The van der Waals surface area contributed by atoms with Crippen LogP contribution < -0.4 is 15.6 Å². The molecule has 1 heterocycles. The van der Waals surface area contributed by atoms with E-state index < -0.39 is 11.8 Å². The van der Waals surface area contributed by atoms with Gasteiger partial charge in [0.2, 0.25) is 0 Å². The smallest absolute Gasteiger partial charge is 0.276 e. The van der Waals surface area contributed by atoms with Crippen molar-refractivity contribution in [3.8, 4) is 5.75 Å². The van der Waals surface area contributed by atoms with Gasteiger partial charge in [-0.3, -0.25) is 20.4 Å². The van der Waals surface area contributed by atoms with Crippen molar-refractivity contribution in [3.05, 3.63) is 57.8 Å². The second kappa shape index (κ2) is 7.80. The zero-order valence-electron chi connectivity index (χ0n) is 12.1. The Kier molecular flexibility index (Phi) is 5.78. The summed E-state index contributed by atoms with van der Waals surface area (Å²) in [7, 11) is 0. The molecule has 0 fully saturated rings. The average molecular weight is 354 g/mol. The lowest BCUT2D eigenvalue weighted by molar-refractivity contribution is -0.123. The van der Waals surface area contributed by atoms with E-state index in [1.165, 1.54) is 18.3 Å². The highest BCUT2D eigenvalue weighted by molar-refractivity contribution is 6.31. The number of benzene rings is 1. The number of amides is 2. The van der Waals surface area contributed by atoms with Crippen LogP contribution in [-0.2, 0) is 4.79 Å². The van der Waals surface area contributed by atoms with Crippen LogP contribution in [0.15, 0.2) is 36.5 Å². The molecule has 0 saturated carbocycles. The fraction of sp³-hybridized carbons (Fsp3) is 0.133. The molecule has 0 atom stereocenters. The third-order valence-electron chi connectivity index (χ3n) is 2.80. The molecule has 23 heavy (non-hydrogen) atoms. The SMILES string of the molecule is Cc1cc(OCC(=O)NNC(=O)c2ccc(Cl)nc2)ccc1Cl. The topological polar surface area (TPSA) is 80.3 Å².